The number of tetrazole rings is 1. The average molecular weight is 602 g/mol. The van der Waals surface area contributed by atoms with Crippen molar-refractivity contribution in [3.8, 4) is 28.5 Å². The number of ether oxygens (including phenoxy) is 2. The second-order valence-electron chi connectivity index (χ2n) is 9.42. The molecule has 0 radical (unpaired) electrons. The maximum absolute atomic E-state index is 12.3. The summed E-state index contributed by atoms with van der Waals surface area (Å²) in [6, 6.07) is 20.4. The number of para-hydroxylation sites is 1. The monoisotopic (exact) mass is 601 g/mol. The number of aromatic nitrogens is 6. The van der Waals surface area contributed by atoms with Gasteiger partial charge in [-0.1, -0.05) is 59.4 Å². The SMILES string of the molecule is CCOc1nc2cccc(C(=O)O)c2n1Cc1ccc(-c2ccccc2-c2nnn(C(=O)OCCCCO[N+](=O)[O-])n2)cc1. The standard InChI is InChI=1S/C29H27N7O8/c1-2-42-28-30-24-11-7-10-23(27(37)38)25(24)34(28)18-19-12-14-20(15-13-19)21-8-3-4-9-22(21)26-31-33-35(32-26)29(39)43-16-5-6-17-44-36(40)41/h3-4,7-15H,2,5-6,16-18H2,1H3,(H,37,38). The van der Waals surface area contributed by atoms with Crippen LogP contribution in [0.3, 0.4) is 0 Å². The van der Waals surface area contributed by atoms with E-state index < -0.39 is 17.1 Å². The summed E-state index contributed by atoms with van der Waals surface area (Å²) in [7, 11) is 0. The Kier molecular flexibility index (Phi) is 9.03. The molecule has 5 rings (SSSR count). The summed E-state index contributed by atoms with van der Waals surface area (Å²) in [6.45, 7) is 2.47. The van der Waals surface area contributed by atoms with Crippen molar-refractivity contribution in [3.05, 3.63) is 88.0 Å². The number of carboxylic acid groups (broad SMARTS) is 1. The third kappa shape index (κ3) is 6.61. The molecule has 226 valence electrons. The molecule has 0 spiro atoms. The van der Waals surface area contributed by atoms with Gasteiger partial charge < -0.3 is 19.4 Å². The zero-order chi connectivity index (χ0) is 31.1. The van der Waals surface area contributed by atoms with Crippen molar-refractivity contribution >= 4 is 23.1 Å². The molecule has 0 aliphatic carbocycles. The Morgan fingerprint density at radius 1 is 0.977 bits per heavy atom. The lowest BCUT2D eigenvalue weighted by Crippen LogP contribution is -2.17. The highest BCUT2D eigenvalue weighted by Crippen LogP contribution is 2.31. The van der Waals surface area contributed by atoms with E-state index in [1.165, 1.54) is 0 Å². The van der Waals surface area contributed by atoms with Crippen molar-refractivity contribution in [1.82, 2.24) is 29.8 Å². The van der Waals surface area contributed by atoms with E-state index in [0.717, 1.165) is 21.5 Å². The third-order valence-electron chi connectivity index (χ3n) is 6.55. The Balaban J connectivity index is 1.33. The number of aromatic carboxylic acids is 1. The first-order valence-electron chi connectivity index (χ1n) is 13.6. The Morgan fingerprint density at radius 2 is 1.73 bits per heavy atom. The van der Waals surface area contributed by atoms with Crippen LogP contribution in [0.1, 0.15) is 35.7 Å². The Bertz CT molecular complexity index is 1800. The van der Waals surface area contributed by atoms with Crippen LogP contribution < -0.4 is 4.74 Å². The number of carboxylic acids is 1. The lowest BCUT2D eigenvalue weighted by molar-refractivity contribution is -0.757. The van der Waals surface area contributed by atoms with Gasteiger partial charge in [-0.05, 0) is 53.8 Å². The molecule has 0 saturated heterocycles. The van der Waals surface area contributed by atoms with Crippen LogP contribution in [0, 0.1) is 10.1 Å². The normalized spacial score (nSPS) is 10.9. The van der Waals surface area contributed by atoms with Gasteiger partial charge in [0.1, 0.15) is 0 Å². The van der Waals surface area contributed by atoms with Gasteiger partial charge in [0.15, 0.2) is 0 Å². The molecule has 44 heavy (non-hydrogen) atoms. The summed E-state index contributed by atoms with van der Waals surface area (Å²) < 4.78 is 12.6. The van der Waals surface area contributed by atoms with E-state index in [-0.39, 0.29) is 24.6 Å². The fraction of sp³-hybridized carbons (Fsp3) is 0.241. The molecule has 0 aliphatic heterocycles. The minimum atomic E-state index is -1.05. The lowest BCUT2D eigenvalue weighted by atomic mass is 9.98. The number of imidazole rings is 1. The number of fused-ring (bicyclic) bond motifs is 1. The number of hydrogen-bond acceptors (Lipinski definition) is 11. The highest BCUT2D eigenvalue weighted by Gasteiger charge is 2.20. The van der Waals surface area contributed by atoms with Crippen LogP contribution in [-0.2, 0) is 16.1 Å². The number of carbonyl (C=O) groups excluding carboxylic acids is 1. The molecule has 3 aromatic carbocycles. The quantitative estimate of drug-likeness (QED) is 0.113. The van der Waals surface area contributed by atoms with Crippen LogP contribution in [0.25, 0.3) is 33.5 Å². The first kappa shape index (κ1) is 29.6. The van der Waals surface area contributed by atoms with Crippen LogP contribution in [0.15, 0.2) is 66.7 Å². The molecule has 0 saturated carbocycles. The van der Waals surface area contributed by atoms with Crippen LogP contribution in [0.4, 0.5) is 4.79 Å². The van der Waals surface area contributed by atoms with Crippen molar-refractivity contribution in [2.45, 2.75) is 26.3 Å². The van der Waals surface area contributed by atoms with Gasteiger partial charge in [0.25, 0.3) is 11.1 Å². The molecule has 0 aliphatic rings. The second kappa shape index (κ2) is 13.4. The molecule has 15 heteroatoms. The topological polar surface area (TPSA) is 187 Å². The van der Waals surface area contributed by atoms with Gasteiger partial charge in [-0.25, -0.2) is 9.59 Å². The number of unbranched alkanes of at least 4 members (excludes halogenated alkanes) is 1. The zero-order valence-corrected chi connectivity index (χ0v) is 23.5. The van der Waals surface area contributed by atoms with Crippen molar-refractivity contribution in [3.63, 3.8) is 0 Å². The second-order valence-corrected chi connectivity index (χ2v) is 9.42. The van der Waals surface area contributed by atoms with Gasteiger partial charge in [-0.2, -0.15) is 4.98 Å². The molecule has 0 atom stereocenters. The highest BCUT2D eigenvalue weighted by molar-refractivity contribution is 6.01. The van der Waals surface area contributed by atoms with Gasteiger partial charge >= 0.3 is 12.1 Å². The van der Waals surface area contributed by atoms with Crippen LogP contribution >= 0.6 is 0 Å². The van der Waals surface area contributed by atoms with Crippen molar-refractivity contribution in [1.29, 1.82) is 0 Å². The molecular formula is C29H27N7O8. The summed E-state index contributed by atoms with van der Waals surface area (Å²) >= 11 is 0. The van der Waals surface area contributed by atoms with Gasteiger partial charge in [0, 0.05) is 5.56 Å². The third-order valence-corrected chi connectivity index (χ3v) is 6.55. The molecule has 0 unspecified atom stereocenters. The van der Waals surface area contributed by atoms with E-state index in [4.69, 9.17) is 9.47 Å². The van der Waals surface area contributed by atoms with E-state index in [9.17, 15) is 24.8 Å². The Morgan fingerprint density at radius 3 is 2.45 bits per heavy atom. The summed E-state index contributed by atoms with van der Waals surface area (Å²) in [5.74, 6) is -0.834. The maximum Gasteiger partial charge on any atom is 0.453 e. The van der Waals surface area contributed by atoms with E-state index in [1.807, 2.05) is 55.5 Å². The number of benzene rings is 3. The van der Waals surface area contributed by atoms with Crippen LogP contribution in [0.5, 0.6) is 6.01 Å². The predicted octanol–water partition coefficient (Wildman–Crippen LogP) is 4.48. The van der Waals surface area contributed by atoms with E-state index >= 15 is 0 Å². The molecule has 0 bridgehead atoms. The average Bonchev–Trinajstić information content (AvgIpc) is 3.65. The minimum absolute atomic E-state index is 0.0122. The van der Waals surface area contributed by atoms with Crippen molar-refractivity contribution < 1.29 is 34.1 Å². The first-order chi connectivity index (χ1) is 21.4. The molecule has 0 fully saturated rings. The summed E-state index contributed by atoms with van der Waals surface area (Å²) in [4.78, 5) is 43.9. The molecular weight excluding hydrogens is 574 g/mol. The molecule has 2 aromatic heterocycles. The summed E-state index contributed by atoms with van der Waals surface area (Å²) in [6.07, 6.45) is -0.123. The van der Waals surface area contributed by atoms with Gasteiger partial charge in [0.2, 0.25) is 5.82 Å². The molecule has 2 heterocycles. The number of hydrogen-bond donors (Lipinski definition) is 1. The van der Waals surface area contributed by atoms with Gasteiger partial charge in [0.05, 0.1) is 43.0 Å². The lowest BCUT2D eigenvalue weighted by Gasteiger charge is -2.12. The fourth-order valence-corrected chi connectivity index (χ4v) is 4.58. The Labute approximate surface area is 249 Å². The molecule has 0 amide bonds. The molecule has 1 N–H and O–H groups in total. The summed E-state index contributed by atoms with van der Waals surface area (Å²) in [5, 5.41) is 31.1. The molecule has 5 aromatic rings. The van der Waals surface area contributed by atoms with Gasteiger partial charge in [-0.15, -0.1) is 20.3 Å². The largest absolute Gasteiger partial charge is 0.478 e. The Hall–Kier alpha value is -5.86. The van der Waals surface area contributed by atoms with Crippen LogP contribution in [0.2, 0.25) is 0 Å². The number of rotatable bonds is 13. The predicted molar refractivity (Wildman–Crippen MR) is 155 cm³/mol. The van der Waals surface area contributed by atoms with Crippen molar-refractivity contribution in [2.75, 3.05) is 19.8 Å². The zero-order valence-electron chi connectivity index (χ0n) is 23.5. The maximum atomic E-state index is 12.3. The summed E-state index contributed by atoms with van der Waals surface area (Å²) in [5.41, 5.74) is 4.34. The fourth-order valence-electron chi connectivity index (χ4n) is 4.58. The highest BCUT2D eigenvalue weighted by atomic mass is 16.9. The smallest absolute Gasteiger partial charge is 0.453 e. The van der Waals surface area contributed by atoms with Gasteiger partial charge in [-0.3, -0.25) is 4.57 Å². The number of nitrogens with zero attached hydrogens (tertiary/aromatic N) is 7. The molecule has 15 nitrogen and oxygen atoms in total. The van der Waals surface area contributed by atoms with E-state index in [2.05, 4.69) is 25.2 Å². The minimum Gasteiger partial charge on any atom is -0.478 e. The van der Waals surface area contributed by atoms with E-state index in [1.54, 1.807) is 22.8 Å². The van der Waals surface area contributed by atoms with Crippen molar-refractivity contribution in [2.24, 2.45) is 0 Å². The first-order valence-corrected chi connectivity index (χ1v) is 13.6. The number of carbonyl (C=O) groups is 2. The van der Waals surface area contributed by atoms with Crippen LogP contribution in [-0.4, -0.2) is 71.8 Å². The van der Waals surface area contributed by atoms with E-state index in [0.29, 0.717) is 48.6 Å².